The Morgan fingerprint density at radius 3 is 1.90 bits per heavy atom. The molecule has 4 aromatic rings. The number of hydrogen-bond donors (Lipinski definition) is 0. The summed E-state index contributed by atoms with van der Waals surface area (Å²) in [7, 11) is 1.64. The number of oxime groups is 1. The van der Waals surface area contributed by atoms with Crippen LogP contribution in [0.25, 0.3) is 0 Å². The Morgan fingerprint density at radius 2 is 1.30 bits per heavy atom. The van der Waals surface area contributed by atoms with Gasteiger partial charge in [0.15, 0.2) is 0 Å². The van der Waals surface area contributed by atoms with E-state index in [1.807, 2.05) is 97.1 Å². The van der Waals surface area contributed by atoms with E-state index in [0.717, 1.165) is 53.7 Å². The number of benzene rings is 4. The van der Waals surface area contributed by atoms with Gasteiger partial charge in [-0.25, -0.2) is 0 Å². The molecule has 204 valence electrons. The minimum Gasteiger partial charge on any atom is -0.497 e. The van der Waals surface area contributed by atoms with Gasteiger partial charge >= 0.3 is 5.97 Å². The van der Waals surface area contributed by atoms with E-state index < -0.39 is 5.41 Å². The van der Waals surface area contributed by atoms with E-state index in [9.17, 15) is 4.79 Å². The zero-order chi connectivity index (χ0) is 27.6. The van der Waals surface area contributed by atoms with Gasteiger partial charge in [0.1, 0.15) is 24.7 Å². The summed E-state index contributed by atoms with van der Waals surface area (Å²) in [6.07, 6.45) is 3.50. The summed E-state index contributed by atoms with van der Waals surface area (Å²) in [6.45, 7) is 0.664. The molecule has 1 aliphatic rings. The number of rotatable bonds is 10. The van der Waals surface area contributed by atoms with Gasteiger partial charge in [-0.3, -0.25) is 4.79 Å². The highest BCUT2D eigenvalue weighted by Gasteiger charge is 2.44. The molecule has 40 heavy (non-hydrogen) atoms. The predicted molar refractivity (Wildman–Crippen MR) is 154 cm³/mol. The summed E-state index contributed by atoms with van der Waals surface area (Å²) >= 11 is 0. The molecule has 6 heteroatoms. The van der Waals surface area contributed by atoms with Crippen LogP contribution in [-0.2, 0) is 33.0 Å². The van der Waals surface area contributed by atoms with Gasteiger partial charge in [-0.15, -0.1) is 0 Å². The van der Waals surface area contributed by atoms with Crippen LogP contribution in [0.1, 0.15) is 47.9 Å². The van der Waals surface area contributed by atoms with Gasteiger partial charge < -0.3 is 19.0 Å². The zero-order valence-electron chi connectivity index (χ0n) is 22.6. The fourth-order valence-electron chi connectivity index (χ4n) is 5.00. The van der Waals surface area contributed by atoms with Crippen molar-refractivity contribution in [2.75, 3.05) is 7.11 Å². The first-order valence-electron chi connectivity index (χ1n) is 13.5. The number of nitrogens with zero attached hydrogens (tertiary/aromatic N) is 1. The van der Waals surface area contributed by atoms with Gasteiger partial charge in [-0.2, -0.15) is 0 Å². The van der Waals surface area contributed by atoms with Crippen LogP contribution in [0.2, 0.25) is 0 Å². The smallest absolute Gasteiger partial charge is 0.321 e. The second-order valence-corrected chi connectivity index (χ2v) is 9.86. The topological polar surface area (TPSA) is 66.4 Å². The van der Waals surface area contributed by atoms with Crippen LogP contribution in [0.5, 0.6) is 11.5 Å². The minimum atomic E-state index is -0.651. The fourth-order valence-corrected chi connectivity index (χ4v) is 5.00. The molecular weight excluding hydrogens is 502 g/mol. The van der Waals surface area contributed by atoms with Crippen molar-refractivity contribution in [1.29, 1.82) is 0 Å². The van der Waals surface area contributed by atoms with Crippen molar-refractivity contribution in [2.45, 2.75) is 44.3 Å². The molecule has 0 radical (unpaired) electrons. The van der Waals surface area contributed by atoms with E-state index in [0.29, 0.717) is 24.9 Å². The van der Waals surface area contributed by atoms with Crippen molar-refractivity contribution in [3.05, 3.63) is 131 Å². The molecule has 6 nitrogen and oxygen atoms in total. The lowest BCUT2D eigenvalue weighted by Gasteiger charge is -2.27. The Morgan fingerprint density at radius 1 is 0.725 bits per heavy atom. The van der Waals surface area contributed by atoms with E-state index in [-0.39, 0.29) is 5.97 Å². The molecule has 0 unspecified atom stereocenters. The summed E-state index contributed by atoms with van der Waals surface area (Å²) in [5, 5.41) is 4.30. The predicted octanol–water partition coefficient (Wildman–Crippen LogP) is 7.21. The first-order chi connectivity index (χ1) is 19.7. The molecule has 1 saturated carbocycles. The van der Waals surface area contributed by atoms with E-state index in [2.05, 4.69) is 5.16 Å². The highest BCUT2D eigenvalue weighted by Crippen LogP contribution is 2.42. The first-order valence-corrected chi connectivity index (χ1v) is 13.5. The lowest BCUT2D eigenvalue weighted by atomic mass is 9.79. The van der Waals surface area contributed by atoms with Crippen LogP contribution in [0.4, 0.5) is 0 Å². The third kappa shape index (κ3) is 6.52. The minimum absolute atomic E-state index is 0.233. The first kappa shape index (κ1) is 27.0. The molecule has 5 rings (SSSR count). The molecule has 0 heterocycles. The quantitative estimate of drug-likeness (QED) is 0.0706. The number of methoxy groups -OCH3 is 1. The summed E-state index contributed by atoms with van der Waals surface area (Å²) in [5.74, 6) is 1.35. The summed E-state index contributed by atoms with van der Waals surface area (Å²) < 4.78 is 17.3. The van der Waals surface area contributed by atoms with Crippen molar-refractivity contribution in [3.63, 3.8) is 0 Å². The van der Waals surface area contributed by atoms with Crippen molar-refractivity contribution < 1.29 is 23.8 Å². The number of esters is 1. The molecule has 0 amide bonds. The largest absolute Gasteiger partial charge is 0.497 e. The molecule has 0 spiro atoms. The zero-order valence-corrected chi connectivity index (χ0v) is 22.6. The van der Waals surface area contributed by atoms with Crippen LogP contribution in [-0.4, -0.2) is 19.0 Å². The molecule has 0 N–H and O–H groups in total. The highest BCUT2D eigenvalue weighted by atomic mass is 16.6. The molecule has 1 fully saturated rings. The van der Waals surface area contributed by atoms with Crippen molar-refractivity contribution in [1.82, 2.24) is 0 Å². The van der Waals surface area contributed by atoms with Gasteiger partial charge in [0.25, 0.3) is 5.90 Å². The lowest BCUT2D eigenvalue weighted by Crippen LogP contribution is -2.36. The van der Waals surface area contributed by atoms with Gasteiger partial charge in [0.2, 0.25) is 0 Å². The summed E-state index contributed by atoms with van der Waals surface area (Å²) in [6, 6.07) is 34.6. The van der Waals surface area contributed by atoms with Crippen molar-refractivity contribution >= 4 is 11.9 Å². The standard InChI is InChI=1S/C34H33NO5/c1-37-30-20-16-29(17-21-30)34(22-8-9-23-34)33(36)40-31-18-14-28(15-19-31)32(38-24-26-10-4-2-5-11-26)35-39-25-27-12-6-3-7-13-27/h2-7,10-21H,8-9,22-25H2,1H3/b35-32-. The number of carbonyl (C=O) groups is 1. The Kier molecular flexibility index (Phi) is 8.76. The molecular formula is C34H33NO5. The van der Waals surface area contributed by atoms with Gasteiger partial charge in [-0.1, -0.05) is 85.6 Å². The van der Waals surface area contributed by atoms with E-state index in [4.69, 9.17) is 19.0 Å². The fraction of sp³-hybridized carbons (Fsp3) is 0.235. The number of hydrogen-bond acceptors (Lipinski definition) is 6. The van der Waals surface area contributed by atoms with Crippen molar-refractivity contribution in [2.24, 2.45) is 5.16 Å². The summed E-state index contributed by atoms with van der Waals surface area (Å²) in [4.78, 5) is 19.2. The van der Waals surface area contributed by atoms with Crippen LogP contribution in [0, 0.1) is 0 Å². The molecule has 1 aliphatic carbocycles. The normalized spacial score (nSPS) is 14.4. The molecule has 0 bridgehead atoms. The van der Waals surface area contributed by atoms with Crippen LogP contribution >= 0.6 is 0 Å². The molecule has 0 aliphatic heterocycles. The average Bonchev–Trinajstić information content (AvgIpc) is 3.52. The average molecular weight is 536 g/mol. The SMILES string of the molecule is COc1ccc(C2(C(=O)Oc3ccc(/C(=N/OCc4ccccc4)OCc4ccccc4)cc3)CCCC2)cc1. The molecule has 0 aromatic heterocycles. The third-order valence-corrected chi connectivity index (χ3v) is 7.24. The van der Waals surface area contributed by atoms with Crippen LogP contribution in [0.3, 0.4) is 0 Å². The molecule has 0 atom stereocenters. The Balaban J connectivity index is 1.31. The highest BCUT2D eigenvalue weighted by molar-refractivity contribution is 5.94. The van der Waals surface area contributed by atoms with Crippen LogP contribution in [0.15, 0.2) is 114 Å². The summed E-state index contributed by atoms with van der Waals surface area (Å²) in [5.41, 5.74) is 3.06. The number of ether oxygens (including phenoxy) is 3. The van der Waals surface area contributed by atoms with E-state index in [1.54, 1.807) is 19.2 Å². The third-order valence-electron chi connectivity index (χ3n) is 7.24. The molecule has 0 saturated heterocycles. The Labute approximate surface area is 235 Å². The maximum atomic E-state index is 13.5. The Hall–Kier alpha value is -4.58. The van der Waals surface area contributed by atoms with Gasteiger partial charge in [-0.05, 0) is 71.1 Å². The van der Waals surface area contributed by atoms with E-state index in [1.165, 1.54) is 0 Å². The Bertz CT molecular complexity index is 1390. The molecule has 4 aromatic carbocycles. The van der Waals surface area contributed by atoms with Crippen LogP contribution < -0.4 is 9.47 Å². The van der Waals surface area contributed by atoms with Gasteiger partial charge in [0, 0.05) is 5.56 Å². The van der Waals surface area contributed by atoms with E-state index >= 15 is 0 Å². The maximum absolute atomic E-state index is 13.5. The lowest BCUT2D eigenvalue weighted by molar-refractivity contribution is -0.140. The second kappa shape index (κ2) is 13.0. The number of carbonyl (C=O) groups excluding carboxylic acids is 1. The monoisotopic (exact) mass is 535 g/mol. The van der Waals surface area contributed by atoms with Gasteiger partial charge in [0.05, 0.1) is 12.5 Å². The second-order valence-electron chi connectivity index (χ2n) is 9.86. The maximum Gasteiger partial charge on any atom is 0.321 e. The van der Waals surface area contributed by atoms with Crippen molar-refractivity contribution in [3.8, 4) is 11.5 Å².